The maximum Gasteiger partial charge on any atom is 0.0796 e. The molecule has 0 saturated heterocycles. The summed E-state index contributed by atoms with van der Waals surface area (Å²) in [6, 6.07) is 2.53. The van der Waals surface area contributed by atoms with Crippen molar-refractivity contribution in [2.24, 2.45) is 13.0 Å². The molecule has 0 amide bonds. The zero-order valence-corrected chi connectivity index (χ0v) is 11.0. The molecule has 92 valence electrons. The lowest BCUT2D eigenvalue weighted by Gasteiger charge is -2.25. The van der Waals surface area contributed by atoms with Gasteiger partial charge in [0.15, 0.2) is 0 Å². The van der Waals surface area contributed by atoms with E-state index in [2.05, 4.69) is 30.3 Å². The Hall–Kier alpha value is -0.830. The average Bonchev–Trinajstić information content (AvgIpc) is 2.67. The van der Waals surface area contributed by atoms with Gasteiger partial charge in [0, 0.05) is 13.2 Å². The maximum atomic E-state index is 4.52. The van der Waals surface area contributed by atoms with Crippen LogP contribution in [0.4, 0.5) is 0 Å². The van der Waals surface area contributed by atoms with Gasteiger partial charge in [-0.1, -0.05) is 26.7 Å². The summed E-state index contributed by atoms with van der Waals surface area (Å²) in [6.45, 7) is 4.52. The van der Waals surface area contributed by atoms with Crippen molar-refractivity contribution in [1.82, 2.24) is 15.1 Å². The van der Waals surface area contributed by atoms with Crippen LogP contribution in [-0.2, 0) is 7.05 Å². The van der Waals surface area contributed by atoms with Crippen LogP contribution in [0.3, 0.4) is 0 Å². The van der Waals surface area contributed by atoms with E-state index in [0.29, 0.717) is 12.0 Å². The van der Waals surface area contributed by atoms with E-state index < -0.39 is 0 Å². The van der Waals surface area contributed by atoms with Gasteiger partial charge in [0.2, 0.25) is 0 Å². The summed E-state index contributed by atoms with van der Waals surface area (Å²) in [5.41, 5.74) is 1.18. The topological polar surface area (TPSA) is 29.9 Å². The first kappa shape index (κ1) is 13.2. The SMILES string of the molecule is CCCC(CCC)C(NC)c1ccn(C)n1. The predicted molar refractivity (Wildman–Crippen MR) is 68.3 cm³/mol. The van der Waals surface area contributed by atoms with Crippen LogP contribution >= 0.6 is 0 Å². The van der Waals surface area contributed by atoms with Gasteiger partial charge < -0.3 is 5.32 Å². The fourth-order valence-corrected chi connectivity index (χ4v) is 2.44. The molecule has 1 aromatic rings. The molecule has 1 aromatic heterocycles. The van der Waals surface area contributed by atoms with E-state index in [4.69, 9.17) is 0 Å². The Kier molecular flexibility index (Phi) is 5.53. The van der Waals surface area contributed by atoms with Crippen LogP contribution in [0, 0.1) is 5.92 Å². The lowest BCUT2D eigenvalue weighted by molar-refractivity contribution is 0.324. The Morgan fingerprint density at radius 1 is 1.31 bits per heavy atom. The highest BCUT2D eigenvalue weighted by atomic mass is 15.3. The molecule has 1 rings (SSSR count). The highest BCUT2D eigenvalue weighted by Gasteiger charge is 2.22. The van der Waals surface area contributed by atoms with E-state index >= 15 is 0 Å². The van der Waals surface area contributed by atoms with Crippen molar-refractivity contribution in [2.45, 2.75) is 45.6 Å². The third kappa shape index (κ3) is 3.34. The maximum absolute atomic E-state index is 4.52. The number of rotatable bonds is 7. The molecule has 0 saturated carbocycles. The summed E-state index contributed by atoms with van der Waals surface area (Å²) in [4.78, 5) is 0. The van der Waals surface area contributed by atoms with Crippen molar-refractivity contribution >= 4 is 0 Å². The van der Waals surface area contributed by atoms with Crippen molar-refractivity contribution in [3.05, 3.63) is 18.0 Å². The van der Waals surface area contributed by atoms with Crippen LogP contribution in [0.5, 0.6) is 0 Å². The van der Waals surface area contributed by atoms with Crippen LogP contribution in [0.1, 0.15) is 51.3 Å². The molecule has 3 heteroatoms. The van der Waals surface area contributed by atoms with E-state index in [9.17, 15) is 0 Å². The number of nitrogens with one attached hydrogen (secondary N) is 1. The second-order valence-electron chi connectivity index (χ2n) is 4.52. The third-order valence-electron chi connectivity index (χ3n) is 3.15. The van der Waals surface area contributed by atoms with E-state index in [0.717, 1.165) is 0 Å². The summed E-state index contributed by atoms with van der Waals surface area (Å²) in [6.07, 6.45) is 7.06. The number of hydrogen-bond acceptors (Lipinski definition) is 2. The molecule has 0 aliphatic heterocycles. The molecule has 0 aliphatic carbocycles. The molecule has 1 heterocycles. The van der Waals surface area contributed by atoms with E-state index in [1.807, 2.05) is 25.0 Å². The first-order valence-corrected chi connectivity index (χ1v) is 6.39. The molecule has 1 atom stereocenters. The van der Waals surface area contributed by atoms with Crippen LogP contribution < -0.4 is 5.32 Å². The highest BCUT2D eigenvalue weighted by molar-refractivity contribution is 5.06. The fraction of sp³-hybridized carbons (Fsp3) is 0.769. The van der Waals surface area contributed by atoms with Crippen molar-refractivity contribution in [2.75, 3.05) is 7.05 Å². The molecule has 0 bridgehead atoms. The number of aromatic nitrogens is 2. The van der Waals surface area contributed by atoms with Crippen molar-refractivity contribution in [3.8, 4) is 0 Å². The van der Waals surface area contributed by atoms with Crippen molar-refractivity contribution in [3.63, 3.8) is 0 Å². The molecule has 0 fully saturated rings. The Bertz CT molecular complexity index is 287. The molecule has 0 radical (unpaired) electrons. The monoisotopic (exact) mass is 223 g/mol. The molecule has 16 heavy (non-hydrogen) atoms. The Morgan fingerprint density at radius 2 is 1.94 bits per heavy atom. The first-order valence-electron chi connectivity index (χ1n) is 6.39. The van der Waals surface area contributed by atoms with Gasteiger partial charge in [0.1, 0.15) is 0 Å². The van der Waals surface area contributed by atoms with E-state index in [1.54, 1.807) is 0 Å². The van der Waals surface area contributed by atoms with Crippen LogP contribution in [0.15, 0.2) is 12.3 Å². The van der Waals surface area contributed by atoms with Crippen molar-refractivity contribution < 1.29 is 0 Å². The van der Waals surface area contributed by atoms with Gasteiger partial charge in [-0.05, 0) is 31.9 Å². The quantitative estimate of drug-likeness (QED) is 0.770. The van der Waals surface area contributed by atoms with Gasteiger partial charge in [-0.25, -0.2) is 0 Å². The Morgan fingerprint density at radius 3 is 2.31 bits per heavy atom. The minimum Gasteiger partial charge on any atom is -0.311 e. The van der Waals surface area contributed by atoms with Gasteiger partial charge >= 0.3 is 0 Å². The summed E-state index contributed by atoms with van der Waals surface area (Å²) in [5, 5.41) is 7.95. The van der Waals surface area contributed by atoms with Crippen molar-refractivity contribution in [1.29, 1.82) is 0 Å². The second kappa shape index (κ2) is 6.69. The third-order valence-corrected chi connectivity index (χ3v) is 3.15. The minimum atomic E-state index is 0.404. The predicted octanol–water partition coefficient (Wildman–Crippen LogP) is 2.90. The summed E-state index contributed by atoms with van der Waals surface area (Å²) < 4.78 is 1.88. The lowest BCUT2D eigenvalue weighted by Crippen LogP contribution is -2.26. The molecule has 1 unspecified atom stereocenters. The van der Waals surface area contributed by atoms with Gasteiger partial charge in [-0.2, -0.15) is 5.10 Å². The smallest absolute Gasteiger partial charge is 0.0796 e. The Labute approximate surface area is 99.2 Å². The van der Waals surface area contributed by atoms with Gasteiger partial charge in [0.05, 0.1) is 11.7 Å². The standard InChI is InChI=1S/C13H25N3/c1-5-7-11(8-6-2)13(14-3)12-9-10-16(4)15-12/h9-11,13-14H,5-8H2,1-4H3. The van der Waals surface area contributed by atoms with Crippen LogP contribution in [0.2, 0.25) is 0 Å². The molecular weight excluding hydrogens is 198 g/mol. The summed E-state index contributed by atoms with van der Waals surface area (Å²) in [7, 11) is 4.02. The minimum absolute atomic E-state index is 0.404. The summed E-state index contributed by atoms with van der Waals surface area (Å²) in [5.74, 6) is 0.704. The van der Waals surface area contributed by atoms with Crippen LogP contribution in [-0.4, -0.2) is 16.8 Å². The molecule has 0 aromatic carbocycles. The zero-order valence-electron chi connectivity index (χ0n) is 11.0. The average molecular weight is 223 g/mol. The molecule has 0 spiro atoms. The highest BCUT2D eigenvalue weighted by Crippen LogP contribution is 2.28. The van der Waals surface area contributed by atoms with E-state index in [1.165, 1.54) is 31.4 Å². The molecule has 0 aliphatic rings. The van der Waals surface area contributed by atoms with Gasteiger partial charge in [-0.3, -0.25) is 4.68 Å². The summed E-state index contributed by atoms with van der Waals surface area (Å²) >= 11 is 0. The molecule has 3 nitrogen and oxygen atoms in total. The van der Waals surface area contributed by atoms with E-state index in [-0.39, 0.29) is 0 Å². The van der Waals surface area contributed by atoms with Gasteiger partial charge in [-0.15, -0.1) is 0 Å². The first-order chi connectivity index (χ1) is 7.72. The Balaban J connectivity index is 2.76. The molecular formula is C13H25N3. The fourth-order valence-electron chi connectivity index (χ4n) is 2.44. The van der Waals surface area contributed by atoms with Gasteiger partial charge in [0.25, 0.3) is 0 Å². The second-order valence-corrected chi connectivity index (χ2v) is 4.52. The zero-order chi connectivity index (χ0) is 12.0. The number of hydrogen-bond donors (Lipinski definition) is 1. The lowest BCUT2D eigenvalue weighted by atomic mass is 9.89. The number of nitrogens with zero attached hydrogens (tertiary/aromatic N) is 2. The normalized spacial score (nSPS) is 13.3. The van der Waals surface area contributed by atoms with Crippen LogP contribution in [0.25, 0.3) is 0 Å². The largest absolute Gasteiger partial charge is 0.311 e. The molecule has 1 N–H and O–H groups in total. The number of aryl methyl sites for hydroxylation is 1.